The average molecular weight is 383 g/mol. The van der Waals surface area contributed by atoms with E-state index in [4.69, 9.17) is 4.74 Å². The van der Waals surface area contributed by atoms with Crippen LogP contribution in [0, 0.1) is 13.8 Å². The van der Waals surface area contributed by atoms with E-state index in [-0.39, 0.29) is 10.8 Å². The quantitative estimate of drug-likeness (QED) is 0.544. The van der Waals surface area contributed by atoms with E-state index in [0.717, 1.165) is 35.3 Å². The Hall–Kier alpha value is -1.96. The van der Waals surface area contributed by atoms with Crippen LogP contribution in [0.25, 0.3) is 11.1 Å². The van der Waals surface area contributed by atoms with Crippen molar-refractivity contribution in [2.45, 2.75) is 86.0 Å². The molecule has 0 atom stereocenters. The van der Waals surface area contributed by atoms with E-state index in [2.05, 4.69) is 79.7 Å². The van der Waals surface area contributed by atoms with Crippen molar-refractivity contribution in [3.05, 3.63) is 46.5 Å². The summed E-state index contributed by atoms with van der Waals surface area (Å²) in [6.07, 6.45) is 2.08. The van der Waals surface area contributed by atoms with Crippen LogP contribution in [0.15, 0.2) is 24.3 Å². The van der Waals surface area contributed by atoms with Crippen molar-refractivity contribution in [1.82, 2.24) is 0 Å². The first-order valence-corrected chi connectivity index (χ1v) is 10.5. The molecule has 0 spiro atoms. The van der Waals surface area contributed by atoms with Gasteiger partial charge in [-0.3, -0.25) is 0 Å². The molecule has 0 aliphatic heterocycles. The van der Waals surface area contributed by atoms with Gasteiger partial charge in [0.2, 0.25) is 0 Å². The fourth-order valence-corrected chi connectivity index (χ4v) is 3.90. The van der Waals surface area contributed by atoms with Gasteiger partial charge < -0.3 is 9.84 Å². The molecular weight excluding hydrogens is 344 g/mol. The first-order chi connectivity index (χ1) is 12.9. The van der Waals surface area contributed by atoms with E-state index < -0.39 is 0 Å². The number of benzene rings is 2. The molecule has 2 heteroatoms. The Morgan fingerprint density at radius 1 is 0.893 bits per heavy atom. The highest BCUT2D eigenvalue weighted by atomic mass is 16.5. The molecule has 0 radical (unpaired) electrons. The summed E-state index contributed by atoms with van der Waals surface area (Å²) in [5.41, 5.74) is 6.19. The van der Waals surface area contributed by atoms with E-state index >= 15 is 0 Å². The van der Waals surface area contributed by atoms with E-state index in [1.807, 2.05) is 6.92 Å². The molecule has 0 unspecified atom stereocenters. The highest BCUT2D eigenvalue weighted by Gasteiger charge is 2.35. The highest BCUT2D eigenvalue weighted by molar-refractivity contribution is 5.81. The Labute approximate surface area is 172 Å². The zero-order valence-corrected chi connectivity index (χ0v) is 19.3. The van der Waals surface area contributed by atoms with Crippen molar-refractivity contribution in [1.29, 1.82) is 0 Å². The number of phenols is 1. The molecule has 2 rings (SSSR count). The Kier molecular flexibility index (Phi) is 6.53. The fourth-order valence-electron chi connectivity index (χ4n) is 3.90. The Morgan fingerprint density at radius 3 is 1.96 bits per heavy atom. The molecule has 0 bridgehead atoms. The summed E-state index contributed by atoms with van der Waals surface area (Å²) in [7, 11) is 0. The maximum atomic E-state index is 11.3. The lowest BCUT2D eigenvalue weighted by Crippen LogP contribution is -2.22. The second kappa shape index (κ2) is 8.19. The van der Waals surface area contributed by atoms with Crippen molar-refractivity contribution in [2.24, 2.45) is 0 Å². The summed E-state index contributed by atoms with van der Waals surface area (Å²) >= 11 is 0. The van der Waals surface area contributed by atoms with Gasteiger partial charge in [0, 0.05) is 11.1 Å². The molecule has 0 saturated carbocycles. The number of hydrogen-bond acceptors (Lipinski definition) is 2. The zero-order valence-electron chi connectivity index (χ0n) is 19.3. The average Bonchev–Trinajstić information content (AvgIpc) is 2.56. The van der Waals surface area contributed by atoms with E-state index in [1.165, 1.54) is 16.7 Å². The van der Waals surface area contributed by atoms with Crippen LogP contribution < -0.4 is 4.74 Å². The molecule has 2 aromatic rings. The number of ether oxygens (including phenoxy) is 1. The highest BCUT2D eigenvalue weighted by Crippen LogP contribution is 2.52. The van der Waals surface area contributed by atoms with Gasteiger partial charge in [0.05, 0.1) is 6.61 Å². The first kappa shape index (κ1) is 22.3. The summed E-state index contributed by atoms with van der Waals surface area (Å²) < 4.78 is 6.44. The lowest BCUT2D eigenvalue weighted by molar-refractivity contribution is 0.289. The summed E-state index contributed by atoms with van der Waals surface area (Å²) in [4.78, 5) is 0. The van der Waals surface area contributed by atoms with Gasteiger partial charge in [-0.25, -0.2) is 0 Å². The minimum Gasteiger partial charge on any atom is -0.507 e. The maximum absolute atomic E-state index is 11.3. The van der Waals surface area contributed by atoms with Gasteiger partial charge >= 0.3 is 0 Å². The molecule has 0 amide bonds. The van der Waals surface area contributed by atoms with Gasteiger partial charge in [0.1, 0.15) is 11.5 Å². The number of hydrogen-bond donors (Lipinski definition) is 1. The molecule has 0 aliphatic carbocycles. The molecule has 0 saturated heterocycles. The third kappa shape index (κ3) is 4.37. The van der Waals surface area contributed by atoms with Crippen molar-refractivity contribution >= 4 is 0 Å². The summed E-state index contributed by atoms with van der Waals surface area (Å²) in [6, 6.07) is 8.42. The number of rotatable bonds is 5. The van der Waals surface area contributed by atoms with E-state index in [1.54, 1.807) is 0 Å². The smallest absolute Gasteiger partial charge is 0.131 e. The van der Waals surface area contributed by atoms with Crippen LogP contribution in [0.2, 0.25) is 0 Å². The maximum Gasteiger partial charge on any atom is 0.131 e. The van der Waals surface area contributed by atoms with E-state index in [9.17, 15) is 5.11 Å². The van der Waals surface area contributed by atoms with Crippen LogP contribution >= 0.6 is 0 Å². The van der Waals surface area contributed by atoms with Crippen molar-refractivity contribution in [2.75, 3.05) is 6.61 Å². The van der Waals surface area contributed by atoms with Crippen LogP contribution in [0.4, 0.5) is 0 Å². The van der Waals surface area contributed by atoms with E-state index in [0.29, 0.717) is 12.4 Å². The summed E-state index contributed by atoms with van der Waals surface area (Å²) in [6.45, 7) is 20.2. The Morgan fingerprint density at radius 2 is 1.46 bits per heavy atom. The molecule has 0 aliphatic rings. The van der Waals surface area contributed by atoms with Crippen molar-refractivity contribution in [3.8, 4) is 22.6 Å². The molecule has 2 nitrogen and oxygen atoms in total. The Balaban J connectivity index is 2.99. The van der Waals surface area contributed by atoms with Crippen LogP contribution in [0.5, 0.6) is 11.5 Å². The topological polar surface area (TPSA) is 29.5 Å². The lowest BCUT2D eigenvalue weighted by atomic mass is 9.73. The van der Waals surface area contributed by atoms with Gasteiger partial charge in [0.15, 0.2) is 0 Å². The van der Waals surface area contributed by atoms with Gasteiger partial charge in [0.25, 0.3) is 0 Å². The zero-order chi connectivity index (χ0) is 21.3. The second-order valence-electron chi connectivity index (χ2n) is 9.94. The number of aromatic hydroxyl groups is 1. The molecule has 0 heterocycles. The van der Waals surface area contributed by atoms with Crippen LogP contribution in [0.1, 0.15) is 83.6 Å². The molecule has 28 heavy (non-hydrogen) atoms. The third-order valence-electron chi connectivity index (χ3n) is 5.33. The molecule has 0 fully saturated rings. The molecule has 2 aromatic carbocycles. The van der Waals surface area contributed by atoms with Gasteiger partial charge in [-0.05, 0) is 53.4 Å². The van der Waals surface area contributed by atoms with Crippen LogP contribution in [0.3, 0.4) is 0 Å². The third-order valence-corrected chi connectivity index (χ3v) is 5.33. The molecular formula is C26H38O2. The fraction of sp³-hybridized carbons (Fsp3) is 0.538. The predicted octanol–water partition coefficient (Wildman–Crippen LogP) is 7.45. The lowest BCUT2D eigenvalue weighted by Gasteiger charge is -2.34. The van der Waals surface area contributed by atoms with Crippen molar-refractivity contribution < 1.29 is 9.84 Å². The first-order valence-electron chi connectivity index (χ1n) is 10.5. The van der Waals surface area contributed by atoms with Crippen LogP contribution in [-0.2, 0) is 10.8 Å². The molecule has 0 aromatic heterocycles. The monoisotopic (exact) mass is 382 g/mol. The molecule has 154 valence electrons. The summed E-state index contributed by atoms with van der Waals surface area (Å²) in [5, 5.41) is 11.3. The van der Waals surface area contributed by atoms with Gasteiger partial charge in [-0.1, -0.05) is 79.2 Å². The SMILES string of the molecule is CCCCOc1c(C(C)(C)C)c(O)c(C)c(-c2ccccc2C)c1C(C)(C)C. The van der Waals surface area contributed by atoms with Gasteiger partial charge in [-0.2, -0.15) is 0 Å². The summed E-state index contributed by atoms with van der Waals surface area (Å²) in [5.74, 6) is 1.24. The number of phenolic OH excluding ortho intramolecular Hbond substituents is 1. The second-order valence-corrected chi connectivity index (χ2v) is 9.94. The predicted molar refractivity (Wildman–Crippen MR) is 121 cm³/mol. The van der Waals surface area contributed by atoms with Gasteiger partial charge in [-0.15, -0.1) is 0 Å². The van der Waals surface area contributed by atoms with Crippen molar-refractivity contribution in [3.63, 3.8) is 0 Å². The standard InChI is InChI=1S/C26H38O2/c1-10-11-16-28-24-21(25(4,5)6)20(19-15-13-12-14-17(19)2)18(3)23(27)22(24)26(7,8)9/h12-15,27H,10-11,16H2,1-9H3. The largest absolute Gasteiger partial charge is 0.507 e. The minimum absolute atomic E-state index is 0.127. The number of unbranched alkanes of at least 4 members (excludes halogenated alkanes) is 1. The Bertz CT molecular complexity index is 833. The number of aryl methyl sites for hydroxylation is 1. The normalized spacial score (nSPS) is 12.3. The molecule has 1 N–H and O–H groups in total. The minimum atomic E-state index is -0.222. The van der Waals surface area contributed by atoms with Crippen LogP contribution in [-0.4, -0.2) is 11.7 Å².